The normalized spacial score (nSPS) is 44.1. The summed E-state index contributed by atoms with van der Waals surface area (Å²) in [7, 11) is 0. The highest BCUT2D eigenvalue weighted by Crippen LogP contribution is 2.76. The molecule has 4 fully saturated rings. The van der Waals surface area contributed by atoms with Gasteiger partial charge in [-0.2, -0.15) is 0 Å². The van der Waals surface area contributed by atoms with E-state index >= 15 is 0 Å². The number of aliphatic hydroxyl groups is 1. The van der Waals surface area contributed by atoms with Gasteiger partial charge >= 0.3 is 0 Å². The molecule has 0 bridgehead atoms. The molecule has 40 heavy (non-hydrogen) atoms. The van der Waals surface area contributed by atoms with Crippen molar-refractivity contribution < 1.29 is 14.7 Å². The summed E-state index contributed by atoms with van der Waals surface area (Å²) in [5.74, 6) is 2.39. The molecule has 0 aliphatic heterocycles. The number of aliphatic hydroxyl groups excluding tert-OH is 1. The van der Waals surface area contributed by atoms with Gasteiger partial charge in [0.05, 0.1) is 17.9 Å². The zero-order valence-electron chi connectivity index (χ0n) is 25.8. The minimum Gasteiger partial charge on any atom is -0.393 e. The van der Waals surface area contributed by atoms with Gasteiger partial charge in [-0.1, -0.05) is 48.5 Å². The molecular formula is C35H50N2O3. The highest BCUT2D eigenvalue weighted by atomic mass is 16.3. The average molecular weight is 547 g/mol. The third kappa shape index (κ3) is 3.54. The molecule has 218 valence electrons. The van der Waals surface area contributed by atoms with E-state index in [0.29, 0.717) is 24.1 Å². The van der Waals surface area contributed by atoms with Crippen molar-refractivity contribution in [2.75, 3.05) is 0 Å². The Balaban J connectivity index is 1.42. The molecule has 0 aromatic carbocycles. The van der Waals surface area contributed by atoms with Crippen molar-refractivity contribution in [1.29, 1.82) is 0 Å². The van der Waals surface area contributed by atoms with Crippen molar-refractivity contribution >= 4 is 11.6 Å². The van der Waals surface area contributed by atoms with E-state index in [1.807, 2.05) is 0 Å². The number of allylic oxidation sites excluding steroid dienone is 2. The Labute approximate surface area is 241 Å². The third-order valence-corrected chi connectivity index (χ3v) is 13.9. The van der Waals surface area contributed by atoms with E-state index in [2.05, 4.69) is 58.4 Å². The summed E-state index contributed by atoms with van der Waals surface area (Å²) in [6.45, 7) is 16.5. The van der Waals surface area contributed by atoms with E-state index in [1.165, 1.54) is 5.57 Å². The van der Waals surface area contributed by atoms with E-state index in [4.69, 9.17) is 0 Å². The summed E-state index contributed by atoms with van der Waals surface area (Å²) in [5, 5.41) is 11.0. The van der Waals surface area contributed by atoms with Crippen molar-refractivity contribution in [3.05, 3.63) is 35.4 Å². The van der Waals surface area contributed by atoms with Gasteiger partial charge < -0.3 is 5.11 Å². The van der Waals surface area contributed by atoms with Crippen molar-refractivity contribution in [1.82, 2.24) is 9.97 Å². The van der Waals surface area contributed by atoms with Crippen LogP contribution in [0.4, 0.5) is 0 Å². The molecule has 0 unspecified atom stereocenters. The Morgan fingerprint density at radius 1 is 0.925 bits per heavy atom. The smallest absolute Gasteiger partial charge is 0.160 e. The topological polar surface area (TPSA) is 80.2 Å². The standard InChI is InChI=1S/C35H50N2O3/c1-21(2)29-23(38)20-35(27(40)19-28-36-17-8-18-37-28)16-15-33(6)22(30(29)35)9-10-25-32(5)13-12-26(39)31(3,4)24(32)11-14-34(25,33)7/h8,17-18,21-22,24-26,39H,9-16,19-20H2,1-7H3/t22-,24+,25-,26+,32+,33-,34-,35+/m1/s1. The number of ketones is 2. The first-order chi connectivity index (χ1) is 18.7. The van der Waals surface area contributed by atoms with Gasteiger partial charge in [0.1, 0.15) is 5.82 Å². The van der Waals surface area contributed by atoms with Gasteiger partial charge in [-0.05, 0) is 114 Å². The van der Waals surface area contributed by atoms with E-state index in [0.717, 1.165) is 56.9 Å². The first-order valence-electron chi connectivity index (χ1n) is 16.0. The number of hydrogen-bond acceptors (Lipinski definition) is 5. The molecule has 5 heteroatoms. The van der Waals surface area contributed by atoms with Crippen LogP contribution in [0.2, 0.25) is 0 Å². The lowest BCUT2D eigenvalue weighted by Crippen LogP contribution is -2.65. The molecule has 5 nitrogen and oxygen atoms in total. The van der Waals surface area contributed by atoms with Crippen LogP contribution in [0.3, 0.4) is 0 Å². The molecule has 0 amide bonds. The Morgan fingerprint density at radius 2 is 1.62 bits per heavy atom. The lowest BCUT2D eigenvalue weighted by atomic mass is 9.33. The monoisotopic (exact) mass is 546 g/mol. The van der Waals surface area contributed by atoms with Crippen LogP contribution >= 0.6 is 0 Å². The molecule has 4 saturated carbocycles. The van der Waals surface area contributed by atoms with Gasteiger partial charge in [0, 0.05) is 18.8 Å². The molecule has 0 saturated heterocycles. The zero-order chi connectivity index (χ0) is 28.9. The van der Waals surface area contributed by atoms with Gasteiger partial charge in [0.15, 0.2) is 11.6 Å². The molecular weight excluding hydrogens is 496 g/mol. The second kappa shape index (κ2) is 9.06. The Hall–Kier alpha value is -1.88. The van der Waals surface area contributed by atoms with Gasteiger partial charge in [-0.15, -0.1) is 0 Å². The number of carbonyl (C=O) groups is 2. The van der Waals surface area contributed by atoms with Crippen LogP contribution in [0.5, 0.6) is 0 Å². The predicted molar refractivity (Wildman–Crippen MR) is 156 cm³/mol. The van der Waals surface area contributed by atoms with Crippen LogP contribution in [0.25, 0.3) is 0 Å². The number of rotatable bonds is 4. The van der Waals surface area contributed by atoms with Crippen molar-refractivity contribution in [3.63, 3.8) is 0 Å². The Kier molecular flexibility index (Phi) is 6.40. The van der Waals surface area contributed by atoms with E-state index in [-0.39, 0.29) is 57.6 Å². The summed E-state index contributed by atoms with van der Waals surface area (Å²) in [4.78, 5) is 36.8. The molecule has 0 radical (unpaired) electrons. The molecule has 1 aromatic heterocycles. The second-order valence-corrected chi connectivity index (χ2v) is 15.9. The van der Waals surface area contributed by atoms with E-state index < -0.39 is 5.41 Å². The first-order valence-corrected chi connectivity index (χ1v) is 16.0. The largest absolute Gasteiger partial charge is 0.393 e. The SMILES string of the molecule is CC(C)C1=C2[C@H]3CC[C@@H]4[C@@]5(C)CC[C@H](O)C(C)(C)[C@@H]5CC[C@@]4(C)[C@]3(C)CC[C@@]2(C(=O)Cc2ncccn2)CC1=O. The summed E-state index contributed by atoms with van der Waals surface area (Å²) in [6.07, 6.45) is 12.0. The zero-order valence-corrected chi connectivity index (χ0v) is 25.8. The van der Waals surface area contributed by atoms with Crippen molar-refractivity contribution in [2.24, 2.45) is 50.7 Å². The summed E-state index contributed by atoms with van der Waals surface area (Å²) in [6, 6.07) is 1.78. The third-order valence-electron chi connectivity index (χ3n) is 13.9. The Morgan fingerprint density at radius 3 is 2.30 bits per heavy atom. The van der Waals surface area contributed by atoms with Crippen molar-refractivity contribution in [3.8, 4) is 0 Å². The minimum atomic E-state index is -0.693. The minimum absolute atomic E-state index is 0.0389. The predicted octanol–water partition coefficient (Wildman–Crippen LogP) is 6.93. The average Bonchev–Trinajstić information content (AvgIpc) is 3.21. The van der Waals surface area contributed by atoms with Gasteiger partial charge in [-0.3, -0.25) is 9.59 Å². The molecule has 6 rings (SSSR count). The maximum atomic E-state index is 14.3. The molecule has 1 aromatic rings. The molecule has 5 aliphatic carbocycles. The van der Waals surface area contributed by atoms with Gasteiger partial charge in [-0.25, -0.2) is 9.97 Å². The van der Waals surface area contributed by atoms with Crippen LogP contribution in [-0.4, -0.2) is 32.7 Å². The lowest BCUT2D eigenvalue weighted by molar-refractivity contribution is -0.228. The summed E-state index contributed by atoms with van der Waals surface area (Å²) < 4.78 is 0. The fraction of sp³-hybridized carbons (Fsp3) is 0.771. The summed E-state index contributed by atoms with van der Waals surface area (Å²) >= 11 is 0. The van der Waals surface area contributed by atoms with Crippen LogP contribution in [-0.2, 0) is 16.0 Å². The highest BCUT2D eigenvalue weighted by molar-refractivity contribution is 6.07. The van der Waals surface area contributed by atoms with Gasteiger partial charge in [0.2, 0.25) is 0 Å². The van der Waals surface area contributed by atoms with Crippen LogP contribution in [0.1, 0.15) is 112 Å². The van der Waals surface area contributed by atoms with Crippen molar-refractivity contribution in [2.45, 2.75) is 119 Å². The number of carbonyl (C=O) groups excluding carboxylic acids is 2. The van der Waals surface area contributed by atoms with E-state index in [1.54, 1.807) is 18.5 Å². The first kappa shape index (κ1) is 28.2. The lowest BCUT2D eigenvalue weighted by Gasteiger charge is -2.72. The van der Waals surface area contributed by atoms with E-state index in [9.17, 15) is 14.7 Å². The molecule has 1 N–H and O–H groups in total. The molecule has 5 aliphatic rings. The Bertz CT molecular complexity index is 1250. The number of nitrogens with zero attached hydrogens (tertiary/aromatic N) is 2. The van der Waals surface area contributed by atoms with Gasteiger partial charge in [0.25, 0.3) is 0 Å². The molecule has 8 atom stereocenters. The second-order valence-electron chi connectivity index (χ2n) is 15.9. The number of hydrogen-bond donors (Lipinski definition) is 1. The van der Waals surface area contributed by atoms with Crippen LogP contribution in [0, 0.1) is 50.7 Å². The maximum Gasteiger partial charge on any atom is 0.160 e. The van der Waals surface area contributed by atoms with Crippen LogP contribution < -0.4 is 0 Å². The van der Waals surface area contributed by atoms with Crippen LogP contribution in [0.15, 0.2) is 29.6 Å². The fourth-order valence-corrected chi connectivity index (χ4v) is 11.7. The summed E-state index contributed by atoms with van der Waals surface area (Å²) in [5.41, 5.74) is 1.80. The number of aromatic nitrogens is 2. The number of Topliss-reactive ketones (excluding diaryl/α,β-unsaturated/α-hetero) is 2. The maximum absolute atomic E-state index is 14.3. The molecule has 1 heterocycles. The quantitative estimate of drug-likeness (QED) is 0.443. The number of fused-ring (bicyclic) bond motifs is 7. The fourth-order valence-electron chi connectivity index (χ4n) is 11.7. The molecule has 0 spiro atoms. The highest BCUT2D eigenvalue weighted by Gasteiger charge is 2.70.